The van der Waals surface area contributed by atoms with Gasteiger partial charge in [0.05, 0.1) is 5.69 Å². The molecule has 1 saturated heterocycles. The van der Waals surface area contributed by atoms with E-state index in [0.717, 1.165) is 31.3 Å². The summed E-state index contributed by atoms with van der Waals surface area (Å²) in [7, 11) is 2.01. The molecule has 0 spiro atoms. The summed E-state index contributed by atoms with van der Waals surface area (Å²) in [5, 5.41) is 5.23. The Balaban J connectivity index is 2.21. The fourth-order valence-corrected chi connectivity index (χ4v) is 4.58. The Morgan fingerprint density at radius 1 is 1.53 bits per heavy atom. The van der Waals surface area contributed by atoms with Crippen LogP contribution in [0.5, 0.6) is 0 Å². The highest BCUT2D eigenvalue weighted by atomic mass is 32.2. The number of nitrogens with zero attached hydrogens (tertiary/aromatic N) is 2. The summed E-state index contributed by atoms with van der Waals surface area (Å²) in [5.41, 5.74) is 1.31. The molecule has 19 heavy (non-hydrogen) atoms. The smallest absolute Gasteiger partial charge is 0.185 e. The zero-order valence-electron chi connectivity index (χ0n) is 12.4. The summed E-state index contributed by atoms with van der Waals surface area (Å²) >= 11 is 3.95. The van der Waals surface area contributed by atoms with Crippen LogP contribution in [0.1, 0.15) is 43.7 Å². The number of rotatable bonds is 5. The molecule has 0 amide bonds. The molecule has 5 heteroatoms. The molecule has 1 aliphatic heterocycles. The minimum absolute atomic E-state index is 0.560. The third-order valence-electron chi connectivity index (χ3n) is 3.64. The van der Waals surface area contributed by atoms with Crippen molar-refractivity contribution in [1.29, 1.82) is 0 Å². The molecule has 0 radical (unpaired) electrons. The first-order valence-electron chi connectivity index (χ1n) is 7.16. The van der Waals surface area contributed by atoms with Gasteiger partial charge in [-0.05, 0) is 19.4 Å². The third kappa shape index (κ3) is 3.64. The van der Waals surface area contributed by atoms with Crippen LogP contribution in [0.3, 0.4) is 0 Å². The van der Waals surface area contributed by atoms with Crippen molar-refractivity contribution in [3.05, 3.63) is 10.6 Å². The van der Waals surface area contributed by atoms with Gasteiger partial charge in [0.15, 0.2) is 5.13 Å². The number of hydrogen-bond donors (Lipinski definition) is 1. The van der Waals surface area contributed by atoms with Gasteiger partial charge in [0.2, 0.25) is 0 Å². The Bertz CT molecular complexity index is 405. The first-order valence-corrected chi connectivity index (χ1v) is 9.03. The van der Waals surface area contributed by atoms with E-state index in [-0.39, 0.29) is 0 Å². The van der Waals surface area contributed by atoms with E-state index in [2.05, 4.69) is 42.7 Å². The fraction of sp³-hybridized carbons (Fsp3) is 0.786. The molecule has 1 aromatic rings. The summed E-state index contributed by atoms with van der Waals surface area (Å²) in [4.78, 5) is 8.84. The second-order valence-electron chi connectivity index (χ2n) is 5.27. The van der Waals surface area contributed by atoms with Crippen molar-refractivity contribution in [3.8, 4) is 0 Å². The maximum absolute atomic E-state index is 4.95. The molecule has 0 aliphatic carbocycles. The molecule has 2 rings (SSSR count). The van der Waals surface area contributed by atoms with Crippen molar-refractivity contribution >= 4 is 28.2 Å². The number of aromatic nitrogens is 1. The molecule has 0 aromatic carbocycles. The van der Waals surface area contributed by atoms with E-state index in [9.17, 15) is 0 Å². The summed E-state index contributed by atoms with van der Waals surface area (Å²) < 4.78 is 0. The average molecular weight is 300 g/mol. The van der Waals surface area contributed by atoms with Crippen LogP contribution in [0.15, 0.2) is 0 Å². The topological polar surface area (TPSA) is 28.2 Å². The highest BCUT2D eigenvalue weighted by Gasteiger charge is 2.22. The Hall–Kier alpha value is -0.260. The van der Waals surface area contributed by atoms with Crippen molar-refractivity contribution in [2.45, 2.75) is 44.9 Å². The maximum atomic E-state index is 4.95. The molecule has 1 aliphatic rings. The molecule has 1 N–H and O–H groups in total. The van der Waals surface area contributed by atoms with Gasteiger partial charge in [-0.3, -0.25) is 0 Å². The standard InChI is InChI=1S/C14H25N3S2/c1-5-10(2)13-12(8-15-4)19-14(16-13)17-6-7-18-11(3)9-17/h10-11,15H,5-9H2,1-4H3. The van der Waals surface area contributed by atoms with E-state index in [1.807, 2.05) is 18.4 Å². The normalized spacial score (nSPS) is 21.7. The quantitative estimate of drug-likeness (QED) is 0.903. The largest absolute Gasteiger partial charge is 0.346 e. The zero-order chi connectivity index (χ0) is 13.8. The molecule has 1 aromatic heterocycles. The highest BCUT2D eigenvalue weighted by Crippen LogP contribution is 2.34. The van der Waals surface area contributed by atoms with Gasteiger partial charge < -0.3 is 10.2 Å². The molecule has 1 fully saturated rings. The molecule has 2 heterocycles. The van der Waals surface area contributed by atoms with Gasteiger partial charge in [0.1, 0.15) is 0 Å². The Labute approximate surface area is 125 Å². The molecule has 0 bridgehead atoms. The van der Waals surface area contributed by atoms with E-state index >= 15 is 0 Å². The lowest BCUT2D eigenvalue weighted by molar-refractivity contribution is 0.689. The van der Waals surface area contributed by atoms with Gasteiger partial charge in [-0.15, -0.1) is 11.3 Å². The van der Waals surface area contributed by atoms with Crippen LogP contribution in [-0.2, 0) is 6.54 Å². The van der Waals surface area contributed by atoms with Gasteiger partial charge in [-0.1, -0.05) is 20.8 Å². The Kier molecular flexibility index (Phi) is 5.54. The molecule has 3 nitrogen and oxygen atoms in total. The lowest BCUT2D eigenvalue weighted by Gasteiger charge is -2.30. The minimum Gasteiger partial charge on any atom is -0.346 e. The second kappa shape index (κ2) is 6.95. The fourth-order valence-electron chi connectivity index (χ4n) is 2.34. The molecule has 2 atom stereocenters. The van der Waals surface area contributed by atoms with Gasteiger partial charge >= 0.3 is 0 Å². The first kappa shape index (κ1) is 15.1. The van der Waals surface area contributed by atoms with Crippen LogP contribution >= 0.6 is 23.1 Å². The number of anilines is 1. The monoisotopic (exact) mass is 299 g/mol. The maximum Gasteiger partial charge on any atom is 0.185 e. The van der Waals surface area contributed by atoms with Crippen LogP contribution in [0.2, 0.25) is 0 Å². The molecular formula is C14H25N3S2. The molecule has 0 saturated carbocycles. The molecular weight excluding hydrogens is 274 g/mol. The van der Waals surface area contributed by atoms with E-state index in [0.29, 0.717) is 5.92 Å². The van der Waals surface area contributed by atoms with Crippen LogP contribution in [-0.4, -0.2) is 36.1 Å². The van der Waals surface area contributed by atoms with Gasteiger partial charge in [-0.2, -0.15) is 11.8 Å². The van der Waals surface area contributed by atoms with Gasteiger partial charge in [-0.25, -0.2) is 4.98 Å². The average Bonchev–Trinajstić information content (AvgIpc) is 2.82. The summed E-state index contributed by atoms with van der Waals surface area (Å²) in [6.07, 6.45) is 1.16. The molecule has 108 valence electrons. The summed E-state index contributed by atoms with van der Waals surface area (Å²) in [5.74, 6) is 1.78. The van der Waals surface area contributed by atoms with Crippen molar-refractivity contribution in [2.24, 2.45) is 0 Å². The lowest BCUT2D eigenvalue weighted by Crippen LogP contribution is -2.36. The second-order valence-corrected chi connectivity index (χ2v) is 7.88. The Morgan fingerprint density at radius 3 is 2.95 bits per heavy atom. The van der Waals surface area contributed by atoms with Crippen molar-refractivity contribution in [2.75, 3.05) is 30.8 Å². The lowest BCUT2D eigenvalue weighted by atomic mass is 10.0. The highest BCUT2D eigenvalue weighted by molar-refractivity contribution is 8.00. The van der Waals surface area contributed by atoms with Crippen molar-refractivity contribution in [3.63, 3.8) is 0 Å². The van der Waals surface area contributed by atoms with Crippen LogP contribution < -0.4 is 10.2 Å². The predicted octanol–water partition coefficient (Wildman–Crippen LogP) is 3.32. The number of hydrogen-bond acceptors (Lipinski definition) is 5. The van der Waals surface area contributed by atoms with Crippen LogP contribution in [0.4, 0.5) is 5.13 Å². The number of thioether (sulfide) groups is 1. The summed E-state index contributed by atoms with van der Waals surface area (Å²) in [6.45, 7) is 10.1. The number of thiazole rings is 1. The van der Waals surface area contributed by atoms with E-state index in [1.54, 1.807) is 0 Å². The van der Waals surface area contributed by atoms with Gasteiger partial charge in [0.25, 0.3) is 0 Å². The molecule has 2 unspecified atom stereocenters. The van der Waals surface area contributed by atoms with Crippen LogP contribution in [0.25, 0.3) is 0 Å². The van der Waals surface area contributed by atoms with Gasteiger partial charge in [0, 0.05) is 35.5 Å². The SMILES string of the molecule is CCC(C)c1nc(N2CCSC(C)C2)sc1CNC. The van der Waals surface area contributed by atoms with E-state index < -0.39 is 0 Å². The predicted molar refractivity (Wildman–Crippen MR) is 87.7 cm³/mol. The van der Waals surface area contributed by atoms with Crippen molar-refractivity contribution in [1.82, 2.24) is 10.3 Å². The minimum atomic E-state index is 0.560. The summed E-state index contributed by atoms with van der Waals surface area (Å²) in [6, 6.07) is 0. The third-order valence-corrected chi connectivity index (χ3v) is 5.91. The van der Waals surface area contributed by atoms with E-state index in [4.69, 9.17) is 4.98 Å². The van der Waals surface area contributed by atoms with E-state index in [1.165, 1.54) is 21.5 Å². The number of nitrogens with one attached hydrogen (secondary N) is 1. The Morgan fingerprint density at radius 2 is 2.32 bits per heavy atom. The van der Waals surface area contributed by atoms with Crippen molar-refractivity contribution < 1.29 is 0 Å². The van der Waals surface area contributed by atoms with Crippen LogP contribution in [0, 0.1) is 0 Å². The first-order chi connectivity index (χ1) is 9.15. The zero-order valence-corrected chi connectivity index (χ0v) is 14.0.